The Morgan fingerprint density at radius 1 is 1.33 bits per heavy atom. The number of ether oxygens (including phenoxy) is 1. The highest BCUT2D eigenvalue weighted by Gasteiger charge is 2.41. The van der Waals surface area contributed by atoms with Crippen LogP contribution in [0.5, 0.6) is 0 Å². The van der Waals surface area contributed by atoms with Crippen molar-refractivity contribution in [1.82, 2.24) is 4.98 Å². The zero-order valence-electron chi connectivity index (χ0n) is 11.0. The maximum absolute atomic E-state index is 10.4. The lowest BCUT2D eigenvalue weighted by molar-refractivity contribution is 0.0237. The van der Waals surface area contributed by atoms with Crippen LogP contribution in [-0.2, 0) is 11.2 Å². The van der Waals surface area contributed by atoms with Crippen LogP contribution < -0.4 is 0 Å². The lowest BCUT2D eigenvalue weighted by atomic mass is 9.83. The molecule has 2 rings (SSSR count). The van der Waals surface area contributed by atoms with E-state index in [-0.39, 0.29) is 18.1 Å². The molecule has 0 aromatic carbocycles. The van der Waals surface area contributed by atoms with Gasteiger partial charge >= 0.3 is 0 Å². The van der Waals surface area contributed by atoms with Crippen LogP contribution >= 0.6 is 15.9 Å². The fourth-order valence-corrected chi connectivity index (χ4v) is 3.07. The highest BCUT2D eigenvalue weighted by molar-refractivity contribution is 9.10. The number of aliphatic hydroxyl groups is 1. The Balaban J connectivity index is 2.03. The van der Waals surface area contributed by atoms with Gasteiger partial charge in [0.1, 0.15) is 0 Å². The maximum atomic E-state index is 10.4. The molecular weight excluding hydrogens is 294 g/mol. The molecule has 1 aliphatic heterocycles. The van der Waals surface area contributed by atoms with E-state index in [1.807, 2.05) is 19.1 Å². The second kappa shape index (κ2) is 5.68. The molecule has 2 heterocycles. The third-order valence-electron chi connectivity index (χ3n) is 3.97. The molecule has 0 amide bonds. The Labute approximate surface area is 117 Å². The van der Waals surface area contributed by atoms with Crippen LogP contribution in [0.15, 0.2) is 22.8 Å². The molecule has 3 nitrogen and oxygen atoms in total. The minimum Gasteiger partial charge on any atom is -0.392 e. The van der Waals surface area contributed by atoms with E-state index in [1.54, 1.807) is 6.20 Å². The first-order valence-corrected chi connectivity index (χ1v) is 7.22. The van der Waals surface area contributed by atoms with Crippen molar-refractivity contribution in [2.24, 2.45) is 11.8 Å². The van der Waals surface area contributed by atoms with E-state index in [0.29, 0.717) is 12.3 Å². The smallest absolute Gasteiger partial charge is 0.0651 e. The predicted octanol–water partition coefficient (Wildman–Crippen LogP) is 2.81. The van der Waals surface area contributed by atoms with E-state index in [2.05, 4.69) is 34.8 Å². The standard InChI is InChI=1S/C14H20BrNO2/c1-8-9(2)18-10(3)14(8)13(17)6-12-5-4-11(15)7-16-12/h4-5,7-10,13-14,17H,6H2,1-3H3. The van der Waals surface area contributed by atoms with Gasteiger partial charge in [0.15, 0.2) is 0 Å². The summed E-state index contributed by atoms with van der Waals surface area (Å²) < 4.78 is 6.73. The van der Waals surface area contributed by atoms with Crippen molar-refractivity contribution in [1.29, 1.82) is 0 Å². The van der Waals surface area contributed by atoms with Crippen LogP contribution in [0.1, 0.15) is 26.5 Å². The monoisotopic (exact) mass is 313 g/mol. The molecule has 5 atom stereocenters. The number of aromatic nitrogens is 1. The lowest BCUT2D eigenvalue weighted by Gasteiger charge is -2.24. The van der Waals surface area contributed by atoms with Gasteiger partial charge in [-0.3, -0.25) is 4.98 Å². The van der Waals surface area contributed by atoms with E-state index in [4.69, 9.17) is 4.74 Å². The van der Waals surface area contributed by atoms with Crippen molar-refractivity contribution in [2.75, 3.05) is 0 Å². The van der Waals surface area contributed by atoms with Gasteiger partial charge in [-0.15, -0.1) is 0 Å². The molecule has 4 heteroatoms. The van der Waals surface area contributed by atoms with Crippen LogP contribution in [0, 0.1) is 11.8 Å². The number of hydrogen-bond acceptors (Lipinski definition) is 3. The summed E-state index contributed by atoms with van der Waals surface area (Å²) in [5.74, 6) is 0.566. The molecule has 5 unspecified atom stereocenters. The molecular formula is C14H20BrNO2. The molecule has 0 bridgehead atoms. The first kappa shape index (κ1) is 14.0. The van der Waals surface area contributed by atoms with Crippen molar-refractivity contribution in [2.45, 2.75) is 45.5 Å². The van der Waals surface area contributed by atoms with Crippen LogP contribution in [0.2, 0.25) is 0 Å². The highest BCUT2D eigenvalue weighted by Crippen LogP contribution is 2.35. The fourth-order valence-electron chi connectivity index (χ4n) is 2.83. The molecule has 1 aromatic rings. The minimum absolute atomic E-state index is 0.112. The molecule has 0 aliphatic carbocycles. The molecule has 0 saturated carbocycles. The van der Waals surface area contributed by atoms with E-state index in [1.165, 1.54) is 0 Å². The summed E-state index contributed by atoms with van der Waals surface area (Å²) in [5, 5.41) is 10.4. The SMILES string of the molecule is CC1OC(C)C(C(O)Cc2ccc(Br)cn2)C1C. The summed E-state index contributed by atoms with van der Waals surface area (Å²) in [4.78, 5) is 4.31. The zero-order chi connectivity index (χ0) is 13.3. The van der Waals surface area contributed by atoms with Crippen molar-refractivity contribution < 1.29 is 9.84 Å². The molecule has 1 aliphatic rings. The predicted molar refractivity (Wildman–Crippen MR) is 74.3 cm³/mol. The van der Waals surface area contributed by atoms with Crippen molar-refractivity contribution in [3.05, 3.63) is 28.5 Å². The topological polar surface area (TPSA) is 42.4 Å². The summed E-state index contributed by atoms with van der Waals surface area (Å²) in [7, 11) is 0. The summed E-state index contributed by atoms with van der Waals surface area (Å²) in [6.45, 7) is 6.27. The van der Waals surface area contributed by atoms with Crippen LogP contribution in [0.3, 0.4) is 0 Å². The molecule has 100 valence electrons. The second-order valence-electron chi connectivity index (χ2n) is 5.22. The Kier molecular flexibility index (Phi) is 4.41. The highest BCUT2D eigenvalue weighted by atomic mass is 79.9. The van der Waals surface area contributed by atoms with Gasteiger partial charge in [-0.2, -0.15) is 0 Å². The largest absolute Gasteiger partial charge is 0.392 e. The van der Waals surface area contributed by atoms with Crippen LogP contribution in [0.4, 0.5) is 0 Å². The number of nitrogens with zero attached hydrogens (tertiary/aromatic N) is 1. The van der Waals surface area contributed by atoms with Gasteiger partial charge in [-0.05, 0) is 47.8 Å². The number of hydrogen-bond donors (Lipinski definition) is 1. The van der Waals surface area contributed by atoms with E-state index in [0.717, 1.165) is 10.2 Å². The maximum Gasteiger partial charge on any atom is 0.0651 e. The van der Waals surface area contributed by atoms with Gasteiger partial charge < -0.3 is 9.84 Å². The first-order valence-electron chi connectivity index (χ1n) is 6.43. The Morgan fingerprint density at radius 3 is 2.56 bits per heavy atom. The van der Waals surface area contributed by atoms with Crippen LogP contribution in [-0.4, -0.2) is 28.4 Å². The fraction of sp³-hybridized carbons (Fsp3) is 0.643. The average molecular weight is 314 g/mol. The van der Waals surface area contributed by atoms with Crippen molar-refractivity contribution in [3.63, 3.8) is 0 Å². The molecule has 1 aromatic heterocycles. The van der Waals surface area contributed by atoms with Crippen LogP contribution in [0.25, 0.3) is 0 Å². The number of rotatable bonds is 3. The molecule has 0 radical (unpaired) electrons. The number of pyridine rings is 1. The van der Waals surface area contributed by atoms with E-state index >= 15 is 0 Å². The molecule has 1 fully saturated rings. The number of aliphatic hydroxyl groups excluding tert-OH is 1. The van der Waals surface area contributed by atoms with Crippen molar-refractivity contribution in [3.8, 4) is 0 Å². The Morgan fingerprint density at radius 2 is 2.06 bits per heavy atom. The normalized spacial score (nSPS) is 33.6. The third kappa shape index (κ3) is 2.92. The zero-order valence-corrected chi connectivity index (χ0v) is 12.6. The Bertz CT molecular complexity index is 395. The van der Waals surface area contributed by atoms with Crippen molar-refractivity contribution >= 4 is 15.9 Å². The second-order valence-corrected chi connectivity index (χ2v) is 6.14. The number of halogens is 1. The molecule has 18 heavy (non-hydrogen) atoms. The van der Waals surface area contributed by atoms with E-state index in [9.17, 15) is 5.11 Å². The quantitative estimate of drug-likeness (QED) is 0.933. The van der Waals surface area contributed by atoms with Gasteiger partial charge in [-0.25, -0.2) is 0 Å². The molecule has 1 saturated heterocycles. The van der Waals surface area contributed by atoms with Gasteiger partial charge in [0.05, 0.1) is 18.3 Å². The third-order valence-corrected chi connectivity index (χ3v) is 4.44. The minimum atomic E-state index is -0.395. The summed E-state index contributed by atoms with van der Waals surface area (Å²) in [6.07, 6.45) is 2.29. The van der Waals surface area contributed by atoms with Gasteiger partial charge in [0.2, 0.25) is 0 Å². The summed E-state index contributed by atoms with van der Waals surface area (Å²) in [5.41, 5.74) is 0.921. The first-order chi connectivity index (χ1) is 8.49. The lowest BCUT2D eigenvalue weighted by Crippen LogP contribution is -2.32. The van der Waals surface area contributed by atoms with Gasteiger partial charge in [-0.1, -0.05) is 6.92 Å². The summed E-state index contributed by atoms with van der Waals surface area (Å²) >= 11 is 3.36. The van der Waals surface area contributed by atoms with E-state index < -0.39 is 6.10 Å². The average Bonchev–Trinajstić information content (AvgIpc) is 2.56. The molecule has 0 spiro atoms. The summed E-state index contributed by atoms with van der Waals surface area (Å²) in [6, 6.07) is 3.90. The Hall–Kier alpha value is -0.450. The van der Waals surface area contributed by atoms with Gasteiger partial charge in [0, 0.05) is 28.7 Å². The molecule has 1 N–H and O–H groups in total. The van der Waals surface area contributed by atoms with Gasteiger partial charge in [0.25, 0.3) is 0 Å².